The van der Waals surface area contributed by atoms with Crippen LogP contribution in [0, 0.1) is 31.5 Å². The Labute approximate surface area is 193 Å². The fourth-order valence-corrected chi connectivity index (χ4v) is 4.79. The van der Waals surface area contributed by atoms with Gasteiger partial charge in [0.05, 0.1) is 10.7 Å². The second kappa shape index (κ2) is 8.36. The van der Waals surface area contributed by atoms with Crippen molar-refractivity contribution in [3.05, 3.63) is 64.7 Å². The molecule has 1 atom stereocenters. The highest BCUT2D eigenvalue weighted by molar-refractivity contribution is 6.31. The molecule has 1 unspecified atom stereocenters. The van der Waals surface area contributed by atoms with E-state index in [1.807, 2.05) is 19.1 Å². The van der Waals surface area contributed by atoms with Gasteiger partial charge in [0.1, 0.15) is 11.6 Å². The first-order valence-corrected chi connectivity index (χ1v) is 11.7. The number of nitrogens with zero attached hydrogens (tertiary/aromatic N) is 3. The minimum atomic E-state index is -0.413. The number of amides is 1. The van der Waals surface area contributed by atoms with Crippen molar-refractivity contribution in [1.29, 1.82) is 0 Å². The number of hydrogen-bond donors (Lipinski definition) is 0. The SMILES string of the molecule is Cc1nc(-c2ccc(-c3ccc(F)c(Cl)c3)cc2)n(CC2CCN(C(=O)C3CC3)C2)c1C. The van der Waals surface area contributed by atoms with Crippen LogP contribution in [0.25, 0.3) is 22.5 Å². The summed E-state index contributed by atoms with van der Waals surface area (Å²) in [6.45, 7) is 6.74. The first-order chi connectivity index (χ1) is 15.4. The first kappa shape index (κ1) is 21.2. The summed E-state index contributed by atoms with van der Waals surface area (Å²) in [5.41, 5.74) is 5.10. The van der Waals surface area contributed by atoms with Gasteiger partial charge in [0.15, 0.2) is 0 Å². The Hall–Kier alpha value is -2.66. The van der Waals surface area contributed by atoms with E-state index in [-0.39, 0.29) is 10.9 Å². The maximum Gasteiger partial charge on any atom is 0.225 e. The Bertz CT molecular complexity index is 1170. The zero-order valence-corrected chi connectivity index (χ0v) is 19.2. The van der Waals surface area contributed by atoms with Crippen molar-refractivity contribution in [2.45, 2.75) is 39.7 Å². The zero-order chi connectivity index (χ0) is 22.4. The third kappa shape index (κ3) is 4.06. The van der Waals surface area contributed by atoms with Crippen LogP contribution in [-0.2, 0) is 11.3 Å². The van der Waals surface area contributed by atoms with Crippen LogP contribution in [0.2, 0.25) is 5.02 Å². The summed E-state index contributed by atoms with van der Waals surface area (Å²) in [7, 11) is 0. The van der Waals surface area contributed by atoms with Crippen molar-refractivity contribution in [3.8, 4) is 22.5 Å². The number of likely N-dealkylation sites (tertiary alicyclic amines) is 1. The van der Waals surface area contributed by atoms with Crippen molar-refractivity contribution >= 4 is 17.5 Å². The van der Waals surface area contributed by atoms with Gasteiger partial charge in [0.25, 0.3) is 0 Å². The lowest BCUT2D eigenvalue weighted by molar-refractivity contribution is -0.131. The molecule has 2 fully saturated rings. The van der Waals surface area contributed by atoms with E-state index in [9.17, 15) is 9.18 Å². The number of hydrogen-bond acceptors (Lipinski definition) is 2. The van der Waals surface area contributed by atoms with Crippen LogP contribution >= 0.6 is 11.6 Å². The van der Waals surface area contributed by atoms with Gasteiger partial charge >= 0.3 is 0 Å². The molecule has 1 aliphatic carbocycles. The van der Waals surface area contributed by atoms with E-state index in [4.69, 9.17) is 16.6 Å². The predicted molar refractivity (Wildman–Crippen MR) is 125 cm³/mol. The molecule has 0 radical (unpaired) electrons. The van der Waals surface area contributed by atoms with Gasteiger partial charge in [-0.1, -0.05) is 41.9 Å². The van der Waals surface area contributed by atoms with Crippen LogP contribution < -0.4 is 0 Å². The average molecular weight is 452 g/mol. The van der Waals surface area contributed by atoms with E-state index in [0.29, 0.717) is 11.8 Å². The second-order valence-electron chi connectivity index (χ2n) is 9.14. The standard InChI is InChI=1S/C26H27ClFN3O/c1-16-17(2)31(15-18-11-12-30(14-18)26(32)21-7-8-21)25(29-16)20-5-3-19(4-6-20)22-9-10-24(28)23(27)13-22/h3-6,9-10,13,18,21H,7-8,11-12,14-15H2,1-2H3. The van der Waals surface area contributed by atoms with E-state index < -0.39 is 5.82 Å². The highest BCUT2D eigenvalue weighted by Gasteiger charge is 2.36. The lowest BCUT2D eigenvalue weighted by atomic mass is 10.0. The number of rotatable bonds is 5. The molecule has 5 rings (SSSR count). The summed E-state index contributed by atoms with van der Waals surface area (Å²) in [4.78, 5) is 19.3. The van der Waals surface area contributed by atoms with Crippen molar-refractivity contribution in [3.63, 3.8) is 0 Å². The van der Waals surface area contributed by atoms with E-state index in [1.165, 1.54) is 11.8 Å². The minimum Gasteiger partial charge on any atom is -0.342 e. The molecule has 2 aliphatic rings. The molecule has 1 saturated carbocycles. The maximum absolute atomic E-state index is 13.5. The Morgan fingerprint density at radius 1 is 1.06 bits per heavy atom. The molecule has 1 aliphatic heterocycles. The minimum absolute atomic E-state index is 0.124. The molecule has 1 amide bonds. The number of carbonyl (C=O) groups is 1. The molecule has 1 saturated heterocycles. The smallest absolute Gasteiger partial charge is 0.225 e. The molecule has 6 heteroatoms. The molecule has 32 heavy (non-hydrogen) atoms. The Morgan fingerprint density at radius 2 is 1.75 bits per heavy atom. The average Bonchev–Trinajstić information content (AvgIpc) is 3.48. The van der Waals surface area contributed by atoms with Crippen molar-refractivity contribution < 1.29 is 9.18 Å². The van der Waals surface area contributed by atoms with E-state index >= 15 is 0 Å². The van der Waals surface area contributed by atoms with Gasteiger partial charge in [-0.3, -0.25) is 4.79 Å². The summed E-state index contributed by atoms with van der Waals surface area (Å²) in [6.07, 6.45) is 3.16. The molecule has 0 bridgehead atoms. The summed E-state index contributed by atoms with van der Waals surface area (Å²) < 4.78 is 15.8. The molecule has 2 heterocycles. The van der Waals surface area contributed by atoms with Crippen molar-refractivity contribution in [1.82, 2.24) is 14.5 Å². The first-order valence-electron chi connectivity index (χ1n) is 11.3. The third-order valence-electron chi connectivity index (χ3n) is 6.82. The molecule has 2 aromatic carbocycles. The van der Waals surface area contributed by atoms with E-state index in [2.05, 4.69) is 28.5 Å². The van der Waals surface area contributed by atoms with Crippen LogP contribution in [0.3, 0.4) is 0 Å². The number of aryl methyl sites for hydroxylation is 1. The Balaban J connectivity index is 1.37. The molecule has 4 nitrogen and oxygen atoms in total. The van der Waals surface area contributed by atoms with Gasteiger partial charge in [-0.05, 0) is 62.3 Å². The number of benzene rings is 2. The van der Waals surface area contributed by atoms with Crippen LogP contribution in [0.15, 0.2) is 42.5 Å². The normalized spacial score (nSPS) is 18.4. The summed E-state index contributed by atoms with van der Waals surface area (Å²) in [5, 5.41) is 0.124. The second-order valence-corrected chi connectivity index (χ2v) is 9.54. The van der Waals surface area contributed by atoms with Gasteiger partial charge < -0.3 is 9.47 Å². The molecule has 166 valence electrons. The molecule has 0 spiro atoms. The van der Waals surface area contributed by atoms with Crippen LogP contribution in [0.5, 0.6) is 0 Å². The van der Waals surface area contributed by atoms with Gasteiger partial charge in [-0.2, -0.15) is 0 Å². The fraction of sp³-hybridized carbons (Fsp3) is 0.385. The van der Waals surface area contributed by atoms with Crippen molar-refractivity contribution in [2.24, 2.45) is 11.8 Å². The number of imidazole rings is 1. The summed E-state index contributed by atoms with van der Waals surface area (Å²) >= 11 is 5.95. The van der Waals surface area contributed by atoms with Gasteiger partial charge in [-0.25, -0.2) is 9.37 Å². The Kier molecular flexibility index (Phi) is 5.54. The zero-order valence-electron chi connectivity index (χ0n) is 18.4. The number of aromatic nitrogens is 2. The largest absolute Gasteiger partial charge is 0.342 e. The third-order valence-corrected chi connectivity index (χ3v) is 7.11. The van der Waals surface area contributed by atoms with Crippen molar-refractivity contribution in [2.75, 3.05) is 13.1 Å². The molecule has 3 aromatic rings. The highest BCUT2D eigenvalue weighted by atomic mass is 35.5. The summed E-state index contributed by atoms with van der Waals surface area (Å²) in [6, 6.07) is 12.9. The lowest BCUT2D eigenvalue weighted by Crippen LogP contribution is -2.30. The number of halogens is 2. The molecular formula is C26H27ClFN3O. The topological polar surface area (TPSA) is 38.1 Å². The van der Waals surface area contributed by atoms with Crippen LogP contribution in [-0.4, -0.2) is 33.4 Å². The molecular weight excluding hydrogens is 425 g/mol. The molecule has 0 N–H and O–H groups in total. The number of carbonyl (C=O) groups excluding carboxylic acids is 1. The maximum atomic E-state index is 13.5. The van der Waals surface area contributed by atoms with Crippen LogP contribution in [0.1, 0.15) is 30.7 Å². The fourth-order valence-electron chi connectivity index (χ4n) is 4.61. The highest BCUT2D eigenvalue weighted by Crippen LogP contribution is 2.34. The summed E-state index contributed by atoms with van der Waals surface area (Å²) in [5.74, 6) is 1.63. The monoisotopic (exact) mass is 451 g/mol. The Morgan fingerprint density at radius 3 is 2.44 bits per heavy atom. The van der Waals surface area contributed by atoms with E-state index in [1.54, 1.807) is 12.1 Å². The van der Waals surface area contributed by atoms with Gasteiger partial charge in [0, 0.05) is 36.8 Å². The molecule has 1 aromatic heterocycles. The predicted octanol–water partition coefficient (Wildman–Crippen LogP) is 5.88. The van der Waals surface area contributed by atoms with Crippen LogP contribution in [0.4, 0.5) is 4.39 Å². The van der Waals surface area contributed by atoms with E-state index in [0.717, 1.165) is 67.1 Å². The quantitative estimate of drug-likeness (QED) is 0.485. The van der Waals surface area contributed by atoms with Gasteiger partial charge in [0.2, 0.25) is 5.91 Å². The van der Waals surface area contributed by atoms with Gasteiger partial charge in [-0.15, -0.1) is 0 Å². The lowest BCUT2D eigenvalue weighted by Gasteiger charge is -2.18.